The number of aliphatic hydroxyl groups is 1. The summed E-state index contributed by atoms with van der Waals surface area (Å²) in [5.41, 5.74) is 3.93. The summed E-state index contributed by atoms with van der Waals surface area (Å²) >= 11 is 0. The lowest BCUT2D eigenvalue weighted by Gasteiger charge is -2.36. The number of nitrogens with one attached hydrogen (secondary N) is 1. The number of benzene rings is 2. The van der Waals surface area contributed by atoms with Gasteiger partial charge in [-0.25, -0.2) is 0 Å². The van der Waals surface area contributed by atoms with Gasteiger partial charge in [0.2, 0.25) is 0 Å². The van der Waals surface area contributed by atoms with Crippen molar-refractivity contribution in [2.75, 3.05) is 61.9 Å². The van der Waals surface area contributed by atoms with Crippen LogP contribution in [0.15, 0.2) is 60.7 Å². The van der Waals surface area contributed by atoms with E-state index in [0.717, 1.165) is 51.8 Å². The van der Waals surface area contributed by atoms with Crippen molar-refractivity contribution in [2.45, 2.75) is 91.0 Å². The van der Waals surface area contributed by atoms with Crippen molar-refractivity contribution in [3.8, 4) is 23.0 Å². The lowest BCUT2D eigenvalue weighted by atomic mass is 10.2. The summed E-state index contributed by atoms with van der Waals surface area (Å²) in [6.45, 7) is 33.2. The first-order valence-electron chi connectivity index (χ1n) is 17.0. The van der Waals surface area contributed by atoms with E-state index in [9.17, 15) is 0 Å². The molecular weight excluding hydrogens is 667 g/mol. The Morgan fingerprint density at radius 1 is 0.660 bits per heavy atom. The first kappa shape index (κ1) is 47.4. The zero-order chi connectivity index (χ0) is 38.8. The number of aliphatic hydroxyl groups excluding tert-OH is 1. The zero-order valence-electron chi connectivity index (χ0n) is 33.9. The third-order valence-electron chi connectivity index (χ3n) is 9.09. The van der Waals surface area contributed by atoms with Crippen LogP contribution in [0.5, 0.6) is 23.0 Å². The Labute approximate surface area is 306 Å². The van der Waals surface area contributed by atoms with Gasteiger partial charge in [0.1, 0.15) is 23.0 Å². The smallest absolute Gasteiger partial charge is 0.192 e. The van der Waals surface area contributed by atoms with Gasteiger partial charge in [0, 0.05) is 43.5 Å². The molecule has 0 saturated heterocycles. The highest BCUT2D eigenvalue weighted by Crippen LogP contribution is 2.37. The summed E-state index contributed by atoms with van der Waals surface area (Å²) in [5.74, 6) is 3.20. The monoisotopic (exact) mass is 735 g/mol. The minimum atomic E-state index is -1.72. The van der Waals surface area contributed by atoms with Crippen molar-refractivity contribution in [2.24, 2.45) is 0 Å². The van der Waals surface area contributed by atoms with E-state index >= 15 is 0 Å². The highest BCUT2D eigenvalue weighted by Gasteiger charge is 2.37. The van der Waals surface area contributed by atoms with Crippen LogP contribution in [0.3, 0.4) is 0 Å². The van der Waals surface area contributed by atoms with E-state index < -0.39 is 16.6 Å². The van der Waals surface area contributed by atoms with E-state index in [1.165, 1.54) is 0 Å². The Morgan fingerprint density at radius 3 is 1.46 bits per heavy atom. The van der Waals surface area contributed by atoms with Crippen molar-refractivity contribution in [3.63, 3.8) is 0 Å². The Bertz CT molecular complexity index is 1300. The molecule has 0 fully saturated rings. The van der Waals surface area contributed by atoms with Gasteiger partial charge in [-0.05, 0) is 65.6 Å². The SMILES string of the molecule is C=C(CNCc1ccc(OC)cc1OC)CO[Si](C)(C)C(C)(C)C.C=C(CO)CO[Si](C)(C)C(C)(C)C.COCc1ccc(OC)cc1OC. The summed E-state index contributed by atoms with van der Waals surface area (Å²) < 4.78 is 37.9. The van der Waals surface area contributed by atoms with E-state index in [1.54, 1.807) is 35.5 Å². The van der Waals surface area contributed by atoms with Gasteiger partial charge in [-0.15, -0.1) is 0 Å². The van der Waals surface area contributed by atoms with Crippen molar-refractivity contribution in [3.05, 3.63) is 71.8 Å². The Morgan fingerprint density at radius 2 is 1.08 bits per heavy atom. The summed E-state index contributed by atoms with van der Waals surface area (Å²) in [6, 6.07) is 11.5. The fourth-order valence-electron chi connectivity index (χ4n) is 3.59. The summed E-state index contributed by atoms with van der Waals surface area (Å²) in [7, 11) is 4.87. The number of hydrogen-bond acceptors (Lipinski definition) is 9. The second-order valence-corrected chi connectivity index (χ2v) is 24.8. The van der Waals surface area contributed by atoms with Crippen LogP contribution < -0.4 is 24.3 Å². The molecule has 2 rings (SSSR count). The summed E-state index contributed by atoms with van der Waals surface area (Å²) in [5, 5.41) is 12.6. The average Bonchev–Trinajstić information content (AvgIpc) is 3.06. The van der Waals surface area contributed by atoms with Crippen molar-refractivity contribution in [1.82, 2.24) is 5.32 Å². The molecule has 0 unspecified atom stereocenters. The van der Waals surface area contributed by atoms with Crippen LogP contribution in [0.25, 0.3) is 0 Å². The fraction of sp³-hybridized carbons (Fsp3) is 0.590. The quantitative estimate of drug-likeness (QED) is 0.122. The largest absolute Gasteiger partial charge is 0.497 e. The molecule has 0 aliphatic heterocycles. The second kappa shape index (κ2) is 22.3. The number of hydrogen-bond donors (Lipinski definition) is 2. The molecule has 0 amide bonds. The third-order valence-corrected chi connectivity index (χ3v) is 18.0. The molecule has 9 nitrogen and oxygen atoms in total. The van der Waals surface area contributed by atoms with Crippen LogP contribution in [-0.4, -0.2) is 83.7 Å². The van der Waals surface area contributed by atoms with Crippen LogP contribution in [0, 0.1) is 0 Å². The average molecular weight is 736 g/mol. The van der Waals surface area contributed by atoms with Gasteiger partial charge in [-0.1, -0.05) is 60.8 Å². The Hall–Kier alpha value is -2.65. The van der Waals surface area contributed by atoms with Crippen molar-refractivity contribution in [1.29, 1.82) is 0 Å². The minimum Gasteiger partial charge on any atom is -0.497 e. The lowest BCUT2D eigenvalue weighted by Crippen LogP contribution is -2.41. The standard InChI is InChI=1S/C19H33NO3Si.C10H14O3.C10H22O2Si/c1-15(14-23-24(7,8)19(2,3)4)12-20-13-16-9-10-17(21-5)11-18(16)22-6;1-11-7-8-4-5-9(12-2)6-10(8)13-3;1-9(7-11)8-12-13(5,6)10(2,3)4/h9-11,20H,1,12-14H2,2-8H3;4-6H,7H2,1-3H3;11H,1,7-8H2,2-6H3. The normalized spacial score (nSPS) is 11.8. The topological polar surface area (TPSA) is 96.9 Å². The summed E-state index contributed by atoms with van der Waals surface area (Å²) in [4.78, 5) is 0. The van der Waals surface area contributed by atoms with Crippen molar-refractivity contribution < 1.29 is 37.6 Å². The molecular formula is C39H69NO8Si2. The molecule has 11 heteroatoms. The molecule has 2 N–H and O–H groups in total. The maximum absolute atomic E-state index is 8.77. The molecule has 2 aromatic rings. The van der Waals surface area contributed by atoms with E-state index in [1.807, 2.05) is 36.4 Å². The predicted molar refractivity (Wildman–Crippen MR) is 213 cm³/mol. The van der Waals surface area contributed by atoms with Gasteiger partial charge in [-0.2, -0.15) is 0 Å². The first-order valence-corrected chi connectivity index (χ1v) is 22.8. The van der Waals surface area contributed by atoms with Crippen LogP contribution >= 0.6 is 0 Å². The second-order valence-electron chi connectivity index (χ2n) is 15.1. The molecule has 2 aromatic carbocycles. The molecule has 0 saturated carbocycles. The summed E-state index contributed by atoms with van der Waals surface area (Å²) in [6.07, 6.45) is 0. The Kier molecular flexibility index (Phi) is 21.1. The van der Waals surface area contributed by atoms with Gasteiger partial charge in [0.15, 0.2) is 16.6 Å². The minimum absolute atomic E-state index is 0.0224. The van der Waals surface area contributed by atoms with E-state index in [0.29, 0.717) is 26.4 Å². The molecule has 0 aromatic heterocycles. The lowest BCUT2D eigenvalue weighted by molar-refractivity contribution is 0.181. The predicted octanol–water partition coefficient (Wildman–Crippen LogP) is 8.78. The molecule has 50 heavy (non-hydrogen) atoms. The number of ether oxygens (including phenoxy) is 5. The maximum atomic E-state index is 8.77. The highest BCUT2D eigenvalue weighted by atomic mass is 28.4. The van der Waals surface area contributed by atoms with Crippen molar-refractivity contribution >= 4 is 16.6 Å². The van der Waals surface area contributed by atoms with Gasteiger partial charge in [0.25, 0.3) is 0 Å². The highest BCUT2D eigenvalue weighted by molar-refractivity contribution is 6.74. The molecule has 0 spiro atoms. The van der Waals surface area contributed by atoms with Gasteiger partial charge in [0.05, 0.1) is 54.9 Å². The molecule has 0 bridgehead atoms. The molecule has 0 aliphatic carbocycles. The fourth-order valence-corrected chi connectivity index (χ4v) is 5.59. The maximum Gasteiger partial charge on any atom is 0.192 e. The molecule has 0 heterocycles. The number of methoxy groups -OCH3 is 5. The first-order chi connectivity index (χ1) is 23.1. The number of rotatable bonds is 17. The third kappa shape index (κ3) is 17.0. The zero-order valence-corrected chi connectivity index (χ0v) is 35.9. The molecule has 286 valence electrons. The van der Waals surface area contributed by atoms with E-state index in [2.05, 4.69) is 86.2 Å². The Balaban J connectivity index is 0.000000783. The van der Waals surface area contributed by atoms with E-state index in [-0.39, 0.29) is 16.7 Å². The molecule has 0 aliphatic rings. The van der Waals surface area contributed by atoms with Crippen LogP contribution in [0.2, 0.25) is 36.3 Å². The molecule has 0 atom stereocenters. The van der Waals surface area contributed by atoms with Crippen LogP contribution in [0.4, 0.5) is 0 Å². The van der Waals surface area contributed by atoms with Gasteiger partial charge < -0.3 is 43.0 Å². The van der Waals surface area contributed by atoms with Crippen LogP contribution in [-0.2, 0) is 26.7 Å². The van der Waals surface area contributed by atoms with E-state index in [4.69, 9.17) is 37.6 Å². The van der Waals surface area contributed by atoms with Gasteiger partial charge in [-0.3, -0.25) is 0 Å². The van der Waals surface area contributed by atoms with Crippen LogP contribution in [0.1, 0.15) is 52.7 Å². The van der Waals surface area contributed by atoms with Gasteiger partial charge >= 0.3 is 0 Å². The molecule has 0 radical (unpaired) electrons.